The molecule has 4 aromatic rings. The lowest BCUT2D eigenvalue weighted by Crippen LogP contribution is -1.92. The second kappa shape index (κ2) is 5.69. The van der Waals surface area contributed by atoms with Crippen LogP contribution in [0.3, 0.4) is 0 Å². The highest BCUT2D eigenvalue weighted by atomic mass is 14.7. The summed E-state index contributed by atoms with van der Waals surface area (Å²) >= 11 is 0. The van der Waals surface area contributed by atoms with Crippen LogP contribution in [0.2, 0.25) is 0 Å². The maximum absolute atomic E-state index is 4.84. The monoisotopic (exact) mass is 295 g/mol. The Hall–Kier alpha value is -2.93. The number of fused-ring (bicyclic) bond motifs is 2. The van der Waals surface area contributed by atoms with E-state index in [1.54, 1.807) is 0 Å². The Morgan fingerprint density at radius 2 is 1.61 bits per heavy atom. The van der Waals surface area contributed by atoms with E-state index in [1.807, 2.05) is 12.1 Å². The van der Waals surface area contributed by atoms with Crippen molar-refractivity contribution in [3.63, 3.8) is 0 Å². The first-order valence-corrected chi connectivity index (χ1v) is 7.84. The predicted octanol–water partition coefficient (Wildman–Crippen LogP) is 5.78. The van der Waals surface area contributed by atoms with Crippen molar-refractivity contribution in [2.45, 2.75) is 6.42 Å². The van der Waals surface area contributed by atoms with Crippen LogP contribution in [0.15, 0.2) is 85.5 Å². The second-order valence-corrected chi connectivity index (χ2v) is 5.71. The van der Waals surface area contributed by atoms with Crippen LogP contribution in [-0.4, -0.2) is 4.98 Å². The molecule has 0 aliphatic carbocycles. The van der Waals surface area contributed by atoms with E-state index in [1.165, 1.54) is 27.5 Å². The summed E-state index contributed by atoms with van der Waals surface area (Å²) in [6, 6.07) is 25.4. The van der Waals surface area contributed by atoms with E-state index in [0.717, 1.165) is 17.5 Å². The van der Waals surface area contributed by atoms with Gasteiger partial charge in [-0.15, -0.1) is 6.58 Å². The van der Waals surface area contributed by atoms with Crippen LogP contribution in [0.25, 0.3) is 32.9 Å². The number of pyridine rings is 1. The highest BCUT2D eigenvalue weighted by Gasteiger charge is 2.11. The van der Waals surface area contributed by atoms with Gasteiger partial charge >= 0.3 is 0 Å². The predicted molar refractivity (Wildman–Crippen MR) is 98.6 cm³/mol. The third-order valence-corrected chi connectivity index (χ3v) is 4.21. The van der Waals surface area contributed by atoms with E-state index in [9.17, 15) is 0 Å². The smallest absolute Gasteiger partial charge is 0.0716 e. The van der Waals surface area contributed by atoms with Gasteiger partial charge in [0.1, 0.15) is 0 Å². The third-order valence-electron chi connectivity index (χ3n) is 4.21. The third kappa shape index (κ3) is 2.40. The van der Waals surface area contributed by atoms with E-state index in [2.05, 4.69) is 73.3 Å². The summed E-state index contributed by atoms with van der Waals surface area (Å²) in [4.78, 5) is 4.84. The normalized spacial score (nSPS) is 11.0. The van der Waals surface area contributed by atoms with Gasteiger partial charge in [0.2, 0.25) is 0 Å². The first kappa shape index (κ1) is 13.7. The topological polar surface area (TPSA) is 12.9 Å². The summed E-state index contributed by atoms with van der Waals surface area (Å²) in [6.45, 7) is 3.91. The lowest BCUT2D eigenvalue weighted by Gasteiger charge is -2.13. The first-order chi connectivity index (χ1) is 11.4. The molecule has 1 nitrogen and oxygen atoms in total. The summed E-state index contributed by atoms with van der Waals surface area (Å²) in [5.74, 6) is 0. The summed E-state index contributed by atoms with van der Waals surface area (Å²) in [7, 11) is 0. The summed E-state index contributed by atoms with van der Waals surface area (Å²) in [6.07, 6.45) is 2.81. The molecule has 0 spiro atoms. The molecule has 0 unspecified atom stereocenters. The number of hydrogen-bond acceptors (Lipinski definition) is 1. The van der Waals surface area contributed by atoms with Gasteiger partial charge < -0.3 is 0 Å². The zero-order valence-corrected chi connectivity index (χ0v) is 12.9. The van der Waals surface area contributed by atoms with Crippen molar-refractivity contribution < 1.29 is 0 Å². The lowest BCUT2D eigenvalue weighted by molar-refractivity contribution is 1.29. The quantitative estimate of drug-likeness (QED) is 0.344. The Morgan fingerprint density at radius 3 is 2.43 bits per heavy atom. The van der Waals surface area contributed by atoms with Crippen molar-refractivity contribution in [2.24, 2.45) is 0 Å². The van der Waals surface area contributed by atoms with Gasteiger partial charge in [-0.25, -0.2) is 4.98 Å². The van der Waals surface area contributed by atoms with Crippen LogP contribution in [0, 0.1) is 0 Å². The van der Waals surface area contributed by atoms with Gasteiger partial charge in [-0.3, -0.25) is 0 Å². The molecule has 0 aliphatic heterocycles. The Kier molecular flexibility index (Phi) is 3.39. The minimum Gasteiger partial charge on any atom is -0.248 e. The van der Waals surface area contributed by atoms with E-state index in [-0.39, 0.29) is 0 Å². The van der Waals surface area contributed by atoms with Gasteiger partial charge in [-0.1, -0.05) is 60.7 Å². The molecule has 0 amide bonds. The van der Waals surface area contributed by atoms with Gasteiger partial charge in [-0.2, -0.15) is 0 Å². The maximum Gasteiger partial charge on any atom is 0.0716 e. The Bertz CT molecular complexity index is 1000. The first-order valence-electron chi connectivity index (χ1n) is 7.84. The summed E-state index contributed by atoms with van der Waals surface area (Å²) in [5, 5.41) is 2.38. The second-order valence-electron chi connectivity index (χ2n) is 5.71. The average Bonchev–Trinajstić information content (AvgIpc) is 2.61. The Morgan fingerprint density at radius 1 is 0.826 bits per heavy atom. The fraction of sp³-hybridized carbons (Fsp3) is 0.0455. The van der Waals surface area contributed by atoms with Gasteiger partial charge in [0.25, 0.3) is 0 Å². The van der Waals surface area contributed by atoms with Crippen LogP contribution >= 0.6 is 0 Å². The molecular weight excluding hydrogens is 278 g/mol. The fourth-order valence-corrected chi connectivity index (χ4v) is 3.17. The molecule has 0 saturated carbocycles. The number of rotatable bonds is 3. The highest BCUT2D eigenvalue weighted by molar-refractivity contribution is 6.02. The number of benzene rings is 3. The molecule has 0 aliphatic rings. The average molecular weight is 295 g/mol. The van der Waals surface area contributed by atoms with E-state index >= 15 is 0 Å². The van der Waals surface area contributed by atoms with Crippen LogP contribution in [-0.2, 0) is 6.42 Å². The molecule has 23 heavy (non-hydrogen) atoms. The Labute approximate surface area is 135 Å². The van der Waals surface area contributed by atoms with Crippen molar-refractivity contribution in [1.82, 2.24) is 4.98 Å². The van der Waals surface area contributed by atoms with Crippen LogP contribution in [0.5, 0.6) is 0 Å². The molecule has 4 rings (SSSR count). The lowest BCUT2D eigenvalue weighted by atomic mass is 9.93. The molecule has 0 radical (unpaired) electrons. The fourth-order valence-electron chi connectivity index (χ4n) is 3.17. The molecule has 0 saturated heterocycles. The van der Waals surface area contributed by atoms with Crippen LogP contribution < -0.4 is 0 Å². The molecule has 1 heteroatoms. The van der Waals surface area contributed by atoms with Gasteiger partial charge in [0.05, 0.1) is 11.0 Å². The number of hydrogen-bond donors (Lipinski definition) is 0. The Balaban J connectivity index is 2.11. The van der Waals surface area contributed by atoms with E-state index < -0.39 is 0 Å². The van der Waals surface area contributed by atoms with Gasteiger partial charge in [0, 0.05) is 10.8 Å². The van der Waals surface area contributed by atoms with Crippen molar-refractivity contribution >= 4 is 21.8 Å². The SMILES string of the molecule is C=CCc1ccc2nc3ccccc3cc2c1-c1ccccc1. The van der Waals surface area contributed by atoms with Gasteiger partial charge in [-0.05, 0) is 41.3 Å². The molecule has 1 heterocycles. The van der Waals surface area contributed by atoms with Crippen molar-refractivity contribution in [2.75, 3.05) is 0 Å². The molecule has 0 atom stereocenters. The maximum atomic E-state index is 4.84. The van der Waals surface area contributed by atoms with Crippen molar-refractivity contribution in [3.8, 4) is 11.1 Å². The molecule has 1 aromatic heterocycles. The zero-order valence-electron chi connectivity index (χ0n) is 12.9. The molecule has 3 aromatic carbocycles. The highest BCUT2D eigenvalue weighted by Crippen LogP contribution is 2.33. The number of nitrogens with zero attached hydrogens (tertiary/aromatic N) is 1. The number of aromatic nitrogens is 1. The summed E-state index contributed by atoms with van der Waals surface area (Å²) < 4.78 is 0. The van der Waals surface area contributed by atoms with Crippen LogP contribution in [0.4, 0.5) is 0 Å². The van der Waals surface area contributed by atoms with Crippen LogP contribution in [0.1, 0.15) is 5.56 Å². The van der Waals surface area contributed by atoms with Gasteiger partial charge in [0.15, 0.2) is 0 Å². The van der Waals surface area contributed by atoms with E-state index in [0.29, 0.717) is 0 Å². The number of para-hydroxylation sites is 1. The molecule has 110 valence electrons. The van der Waals surface area contributed by atoms with Crippen molar-refractivity contribution in [3.05, 3.63) is 91.0 Å². The van der Waals surface area contributed by atoms with Crippen molar-refractivity contribution in [1.29, 1.82) is 0 Å². The molecule has 0 bridgehead atoms. The van der Waals surface area contributed by atoms with E-state index in [4.69, 9.17) is 4.98 Å². The standard InChI is InChI=1S/C22H17N/c1-2-8-16-13-14-21-19(22(16)17-9-4-3-5-10-17)15-18-11-6-7-12-20(18)23-21/h2-7,9-15H,1,8H2. The molecule has 0 N–H and O–H groups in total. The largest absolute Gasteiger partial charge is 0.248 e. The molecule has 0 fully saturated rings. The molecular formula is C22H17N. The minimum atomic E-state index is 0.854. The summed E-state index contributed by atoms with van der Waals surface area (Å²) in [5.41, 5.74) is 5.86. The minimum absolute atomic E-state index is 0.854. The zero-order chi connectivity index (χ0) is 15.6. The number of allylic oxidation sites excluding steroid dienone is 1.